The summed E-state index contributed by atoms with van der Waals surface area (Å²) < 4.78 is 12.3. The number of ether oxygens (including phenoxy) is 2. The summed E-state index contributed by atoms with van der Waals surface area (Å²) in [5, 5.41) is 7.51. The van der Waals surface area contributed by atoms with E-state index < -0.39 is 0 Å². The van der Waals surface area contributed by atoms with Gasteiger partial charge in [0.1, 0.15) is 12.4 Å². The summed E-state index contributed by atoms with van der Waals surface area (Å²) in [7, 11) is 0. The zero-order valence-electron chi connectivity index (χ0n) is 15.5. The van der Waals surface area contributed by atoms with Gasteiger partial charge in [-0.15, -0.1) is 6.42 Å². The average Bonchev–Trinajstić information content (AvgIpc) is 2.75. The number of benzene rings is 2. The lowest BCUT2D eigenvalue weighted by Crippen LogP contribution is -2.34. The van der Waals surface area contributed by atoms with Crippen molar-refractivity contribution in [2.45, 2.75) is 18.9 Å². The Morgan fingerprint density at radius 2 is 2.07 bits per heavy atom. The molecule has 6 nitrogen and oxygen atoms in total. The molecule has 4 rings (SSSR count). The van der Waals surface area contributed by atoms with Crippen molar-refractivity contribution < 1.29 is 9.47 Å². The van der Waals surface area contributed by atoms with E-state index in [1.807, 2.05) is 36.4 Å². The number of rotatable bonds is 6. The lowest BCUT2D eigenvalue weighted by molar-refractivity contribution is 0.155. The van der Waals surface area contributed by atoms with Crippen molar-refractivity contribution >= 4 is 16.6 Å². The zero-order valence-corrected chi connectivity index (χ0v) is 15.5. The molecule has 2 N–H and O–H groups in total. The second kappa shape index (κ2) is 8.59. The summed E-state index contributed by atoms with van der Waals surface area (Å²) in [6.45, 7) is 2.21. The van der Waals surface area contributed by atoms with Gasteiger partial charge in [0.25, 0.3) is 0 Å². The molecule has 28 heavy (non-hydrogen) atoms. The normalized spacial score (nSPS) is 14.4. The Balaban J connectivity index is 1.51. The Bertz CT molecular complexity index is 993. The first kappa shape index (κ1) is 18.1. The van der Waals surface area contributed by atoms with Crippen molar-refractivity contribution in [1.29, 1.82) is 0 Å². The van der Waals surface area contributed by atoms with Gasteiger partial charge in [-0.1, -0.05) is 12.0 Å². The van der Waals surface area contributed by atoms with Gasteiger partial charge in [-0.2, -0.15) is 0 Å². The molecule has 0 spiro atoms. The Morgan fingerprint density at radius 3 is 2.93 bits per heavy atom. The summed E-state index contributed by atoms with van der Waals surface area (Å²) in [5.41, 5.74) is 2.54. The average molecular weight is 374 g/mol. The van der Waals surface area contributed by atoms with Crippen LogP contribution in [0.1, 0.15) is 18.4 Å². The number of nitrogens with zero attached hydrogens (tertiary/aromatic N) is 2. The minimum absolute atomic E-state index is 0.172. The van der Waals surface area contributed by atoms with Crippen molar-refractivity contribution in [3.8, 4) is 23.8 Å². The fraction of sp³-hybridized carbons (Fsp3) is 0.273. The highest BCUT2D eigenvalue weighted by atomic mass is 16.5. The van der Waals surface area contributed by atoms with Crippen molar-refractivity contribution in [2.75, 3.05) is 25.1 Å². The number of aromatic nitrogens is 2. The lowest BCUT2D eigenvalue weighted by Gasteiger charge is -2.25. The van der Waals surface area contributed by atoms with Gasteiger partial charge in [-0.3, -0.25) is 0 Å². The van der Waals surface area contributed by atoms with Crippen molar-refractivity contribution in [2.24, 2.45) is 0 Å². The minimum atomic E-state index is 0.172. The van der Waals surface area contributed by atoms with E-state index in [-0.39, 0.29) is 12.8 Å². The number of hydrogen-bond donors (Lipinski definition) is 2. The second-order valence-corrected chi connectivity index (χ2v) is 6.64. The molecule has 1 aliphatic heterocycles. The number of nitrogens with one attached hydrogen (secondary N) is 2. The molecule has 142 valence electrons. The second-order valence-electron chi connectivity index (χ2n) is 6.64. The van der Waals surface area contributed by atoms with Crippen LogP contribution < -0.4 is 20.1 Å². The fourth-order valence-corrected chi connectivity index (χ4v) is 3.20. The molecule has 0 aliphatic carbocycles. The molecule has 3 aromatic rings. The van der Waals surface area contributed by atoms with Gasteiger partial charge in [0.15, 0.2) is 18.2 Å². The van der Waals surface area contributed by atoms with Gasteiger partial charge in [0.2, 0.25) is 0 Å². The van der Waals surface area contributed by atoms with Gasteiger partial charge >= 0.3 is 0 Å². The molecule has 2 heterocycles. The van der Waals surface area contributed by atoms with Crippen LogP contribution in [0.2, 0.25) is 0 Å². The fourth-order valence-electron chi connectivity index (χ4n) is 3.20. The third-order valence-corrected chi connectivity index (χ3v) is 4.68. The highest BCUT2D eigenvalue weighted by Crippen LogP contribution is 2.33. The van der Waals surface area contributed by atoms with Crippen LogP contribution >= 0.6 is 0 Å². The number of fused-ring (bicyclic) bond motifs is 1. The number of terminal acetylenes is 1. The molecule has 0 bridgehead atoms. The largest absolute Gasteiger partial charge is 0.486 e. The lowest BCUT2D eigenvalue weighted by atomic mass is 10.1. The van der Waals surface area contributed by atoms with E-state index in [1.54, 1.807) is 6.20 Å². The summed E-state index contributed by atoms with van der Waals surface area (Å²) in [6, 6.07) is 11.5. The molecular formula is C22H22N4O2. The van der Waals surface area contributed by atoms with Crippen LogP contribution in [0.3, 0.4) is 0 Å². The van der Waals surface area contributed by atoms with Crippen LogP contribution in [-0.2, 0) is 0 Å². The van der Waals surface area contributed by atoms with Gasteiger partial charge in [0, 0.05) is 28.9 Å². The maximum Gasteiger partial charge on any atom is 0.166 e. The molecule has 2 aromatic carbocycles. The first-order valence-electron chi connectivity index (χ1n) is 9.36. The van der Waals surface area contributed by atoms with Crippen LogP contribution in [0, 0.1) is 12.3 Å². The Morgan fingerprint density at radius 1 is 1.18 bits per heavy atom. The Hall–Kier alpha value is -3.30. The highest BCUT2D eigenvalue weighted by Gasteiger charge is 2.18. The van der Waals surface area contributed by atoms with Crippen LogP contribution in [0.25, 0.3) is 10.9 Å². The van der Waals surface area contributed by atoms with Crippen molar-refractivity contribution in [3.05, 3.63) is 54.5 Å². The molecule has 0 atom stereocenters. The molecule has 0 unspecified atom stereocenters. The van der Waals surface area contributed by atoms with Gasteiger partial charge in [0.05, 0.1) is 5.52 Å². The summed E-state index contributed by atoms with van der Waals surface area (Å²) in [6.07, 6.45) is 10.9. The zero-order chi connectivity index (χ0) is 19.2. The third-order valence-electron chi connectivity index (χ3n) is 4.68. The molecule has 1 saturated heterocycles. The molecular weight excluding hydrogens is 352 g/mol. The van der Waals surface area contributed by atoms with Crippen molar-refractivity contribution in [1.82, 2.24) is 15.3 Å². The van der Waals surface area contributed by atoms with E-state index in [9.17, 15) is 0 Å². The van der Waals surface area contributed by atoms with E-state index in [0.29, 0.717) is 11.5 Å². The topological polar surface area (TPSA) is 68.3 Å². The summed E-state index contributed by atoms with van der Waals surface area (Å²) in [5.74, 6) is 4.00. The first-order valence-corrected chi connectivity index (χ1v) is 9.36. The first-order chi connectivity index (χ1) is 13.8. The molecule has 0 radical (unpaired) electrons. The number of hydrogen-bond acceptors (Lipinski definition) is 6. The number of piperidine rings is 1. The van der Waals surface area contributed by atoms with Gasteiger partial charge < -0.3 is 20.1 Å². The monoisotopic (exact) mass is 374 g/mol. The van der Waals surface area contributed by atoms with Gasteiger partial charge in [-0.25, -0.2) is 9.97 Å². The predicted molar refractivity (Wildman–Crippen MR) is 110 cm³/mol. The maximum absolute atomic E-state index is 6.26. The Labute approximate surface area is 164 Å². The Kier molecular flexibility index (Phi) is 5.55. The van der Waals surface area contributed by atoms with Crippen LogP contribution in [0.15, 0.2) is 48.9 Å². The highest BCUT2D eigenvalue weighted by molar-refractivity contribution is 5.81. The van der Waals surface area contributed by atoms with Crippen molar-refractivity contribution in [3.63, 3.8) is 0 Å². The smallest absolute Gasteiger partial charge is 0.166 e. The standard InChI is InChI=1S/C22H22N4O2/c1-2-16-4-3-5-18(10-16)26-15-27-21-12-20-17(13-24-14-25-20)11-22(21)28-19-6-8-23-9-7-19/h1,3-5,10-14,19,23,26H,6-9,15H2. The maximum atomic E-state index is 6.26. The van der Waals surface area contributed by atoms with Crippen LogP contribution in [0.5, 0.6) is 11.5 Å². The van der Waals surface area contributed by atoms with E-state index in [1.165, 1.54) is 6.33 Å². The van der Waals surface area contributed by atoms with Gasteiger partial charge in [-0.05, 0) is 50.2 Å². The molecule has 1 aliphatic rings. The minimum Gasteiger partial charge on any atom is -0.486 e. The quantitative estimate of drug-likeness (QED) is 0.510. The van der Waals surface area contributed by atoms with E-state index in [0.717, 1.165) is 48.1 Å². The molecule has 6 heteroatoms. The third kappa shape index (κ3) is 4.33. The summed E-state index contributed by atoms with van der Waals surface area (Å²) in [4.78, 5) is 8.42. The number of anilines is 1. The molecule has 1 fully saturated rings. The molecule has 0 saturated carbocycles. The predicted octanol–water partition coefficient (Wildman–Crippen LogP) is 3.19. The van der Waals surface area contributed by atoms with E-state index in [4.69, 9.17) is 15.9 Å². The SMILES string of the molecule is C#Cc1cccc(NCOc2cc3ncncc3cc2OC2CCNCC2)c1. The van der Waals surface area contributed by atoms with E-state index in [2.05, 4.69) is 26.5 Å². The van der Waals surface area contributed by atoms with E-state index >= 15 is 0 Å². The summed E-state index contributed by atoms with van der Waals surface area (Å²) >= 11 is 0. The molecule has 0 amide bonds. The van der Waals surface area contributed by atoms with Crippen LogP contribution in [0.4, 0.5) is 5.69 Å². The molecule has 1 aromatic heterocycles. The van der Waals surface area contributed by atoms with Crippen LogP contribution in [-0.4, -0.2) is 35.9 Å².